The van der Waals surface area contributed by atoms with E-state index in [4.69, 9.17) is 14.7 Å². The zero-order chi connectivity index (χ0) is 10.3. The lowest BCUT2D eigenvalue weighted by Gasteiger charge is -1.88. The van der Waals surface area contributed by atoms with Crippen molar-refractivity contribution in [3.05, 3.63) is 30.5 Å². The van der Waals surface area contributed by atoms with E-state index < -0.39 is 0 Å². The third-order valence-electron chi connectivity index (χ3n) is 2.16. The molecule has 0 saturated carbocycles. The van der Waals surface area contributed by atoms with Gasteiger partial charge in [0, 0.05) is 5.39 Å². The Morgan fingerprint density at radius 1 is 1.20 bits per heavy atom. The largest absolute Gasteiger partial charge is 0.464 e. The predicted molar refractivity (Wildman–Crippen MR) is 53.9 cm³/mol. The van der Waals surface area contributed by atoms with Crippen LogP contribution in [0.3, 0.4) is 0 Å². The van der Waals surface area contributed by atoms with Crippen molar-refractivity contribution in [2.45, 2.75) is 0 Å². The lowest BCUT2D eigenvalue weighted by molar-refractivity contribution is 0.437. The van der Waals surface area contributed by atoms with Gasteiger partial charge in [0.1, 0.15) is 11.8 Å². The number of hydrogen-bond acceptors (Lipinski definition) is 5. The first-order valence-corrected chi connectivity index (χ1v) is 4.40. The van der Waals surface area contributed by atoms with Gasteiger partial charge in [-0.25, -0.2) is 0 Å². The molecule has 1 aromatic carbocycles. The van der Waals surface area contributed by atoms with E-state index in [1.807, 2.05) is 24.3 Å². The van der Waals surface area contributed by atoms with Crippen molar-refractivity contribution in [1.82, 2.24) is 10.1 Å². The Bertz CT molecular complexity index is 612. The minimum Gasteiger partial charge on any atom is -0.464 e. The first kappa shape index (κ1) is 8.05. The van der Waals surface area contributed by atoms with Gasteiger partial charge in [-0.2, -0.15) is 4.98 Å². The third kappa shape index (κ3) is 1.17. The first-order chi connectivity index (χ1) is 7.34. The fourth-order valence-electron chi connectivity index (χ4n) is 1.50. The van der Waals surface area contributed by atoms with E-state index in [0.29, 0.717) is 5.82 Å². The van der Waals surface area contributed by atoms with Crippen LogP contribution in [0.5, 0.6) is 0 Å². The molecule has 2 aromatic heterocycles. The molecule has 3 aromatic rings. The van der Waals surface area contributed by atoms with Crippen LogP contribution >= 0.6 is 0 Å². The van der Waals surface area contributed by atoms with E-state index in [2.05, 4.69) is 10.1 Å². The van der Waals surface area contributed by atoms with E-state index in [1.165, 1.54) is 0 Å². The molecule has 3 rings (SSSR count). The van der Waals surface area contributed by atoms with Gasteiger partial charge in [-0.15, -0.1) is 0 Å². The Balaban J connectivity index is 2.27. The van der Waals surface area contributed by atoms with Crippen LogP contribution in [-0.4, -0.2) is 10.1 Å². The average molecular weight is 201 g/mol. The second-order valence-corrected chi connectivity index (χ2v) is 3.10. The summed E-state index contributed by atoms with van der Waals surface area (Å²) in [7, 11) is 0. The molecule has 0 bridgehead atoms. The van der Waals surface area contributed by atoms with Crippen molar-refractivity contribution in [3.8, 4) is 11.4 Å². The summed E-state index contributed by atoms with van der Waals surface area (Å²) < 4.78 is 10.1. The van der Waals surface area contributed by atoms with Crippen molar-refractivity contribution in [3.63, 3.8) is 0 Å². The Kier molecular flexibility index (Phi) is 1.53. The third-order valence-corrected chi connectivity index (χ3v) is 2.16. The highest BCUT2D eigenvalue weighted by atomic mass is 16.5. The van der Waals surface area contributed by atoms with Crippen LogP contribution in [0.4, 0.5) is 6.01 Å². The van der Waals surface area contributed by atoms with Gasteiger partial charge in [0.15, 0.2) is 0 Å². The van der Waals surface area contributed by atoms with Crippen molar-refractivity contribution in [1.29, 1.82) is 0 Å². The van der Waals surface area contributed by atoms with Crippen LogP contribution in [0.1, 0.15) is 0 Å². The highest BCUT2D eigenvalue weighted by molar-refractivity contribution is 5.91. The summed E-state index contributed by atoms with van der Waals surface area (Å²) in [6, 6.07) is 7.68. The average Bonchev–Trinajstić information content (AvgIpc) is 2.83. The summed E-state index contributed by atoms with van der Waals surface area (Å²) in [5.41, 5.74) is 6.93. The van der Waals surface area contributed by atoms with Crippen LogP contribution in [-0.2, 0) is 0 Å². The van der Waals surface area contributed by atoms with Gasteiger partial charge < -0.3 is 14.7 Å². The molecule has 0 unspecified atom stereocenters. The second-order valence-electron chi connectivity index (χ2n) is 3.10. The smallest absolute Gasteiger partial charge is 0.319 e. The first-order valence-electron chi connectivity index (χ1n) is 4.40. The summed E-state index contributed by atoms with van der Waals surface area (Å²) in [6.45, 7) is 0. The van der Waals surface area contributed by atoms with Crippen LogP contribution < -0.4 is 5.73 Å². The molecule has 74 valence electrons. The molecule has 0 fully saturated rings. The molecule has 0 aliphatic heterocycles. The standard InChI is InChI=1S/C10H7N3O2/c11-10-12-9(13-15-10)7-5-14-8-4-2-1-3-6(7)8/h1-5H,(H2,11,12,13). The monoisotopic (exact) mass is 201 g/mol. The van der Waals surface area contributed by atoms with Crippen molar-refractivity contribution in [2.24, 2.45) is 0 Å². The highest BCUT2D eigenvalue weighted by Gasteiger charge is 2.12. The fraction of sp³-hybridized carbons (Fsp3) is 0. The molecular weight excluding hydrogens is 194 g/mol. The molecular formula is C10H7N3O2. The Hall–Kier alpha value is -2.30. The van der Waals surface area contributed by atoms with Gasteiger partial charge in [0.05, 0.1) is 5.56 Å². The maximum absolute atomic E-state index is 5.36. The quantitative estimate of drug-likeness (QED) is 0.651. The number of furan rings is 1. The minimum absolute atomic E-state index is 0.0512. The van der Waals surface area contributed by atoms with E-state index in [0.717, 1.165) is 16.5 Å². The molecule has 0 aliphatic carbocycles. The molecule has 5 heteroatoms. The molecule has 2 N–H and O–H groups in total. The molecule has 2 heterocycles. The molecule has 15 heavy (non-hydrogen) atoms. The lowest BCUT2D eigenvalue weighted by atomic mass is 10.2. The van der Waals surface area contributed by atoms with Gasteiger partial charge in [-0.1, -0.05) is 23.4 Å². The normalized spacial score (nSPS) is 10.9. The highest BCUT2D eigenvalue weighted by Crippen LogP contribution is 2.28. The Morgan fingerprint density at radius 3 is 2.87 bits per heavy atom. The van der Waals surface area contributed by atoms with Crippen molar-refractivity contribution >= 4 is 17.0 Å². The van der Waals surface area contributed by atoms with E-state index in [-0.39, 0.29) is 6.01 Å². The van der Waals surface area contributed by atoms with Crippen LogP contribution in [0.15, 0.2) is 39.5 Å². The minimum atomic E-state index is 0.0512. The van der Waals surface area contributed by atoms with Gasteiger partial charge in [-0.3, -0.25) is 0 Å². The van der Waals surface area contributed by atoms with Gasteiger partial charge >= 0.3 is 6.01 Å². The summed E-state index contributed by atoms with van der Waals surface area (Å²) in [6.07, 6.45) is 1.59. The van der Waals surface area contributed by atoms with Crippen molar-refractivity contribution < 1.29 is 8.94 Å². The summed E-state index contributed by atoms with van der Waals surface area (Å²) in [5, 5.41) is 4.68. The number of fused-ring (bicyclic) bond motifs is 1. The number of nitrogens with two attached hydrogens (primary N) is 1. The number of hydrogen-bond donors (Lipinski definition) is 1. The molecule has 0 saturated heterocycles. The number of rotatable bonds is 1. The number of anilines is 1. The number of nitrogen functional groups attached to an aromatic ring is 1. The van der Waals surface area contributed by atoms with Gasteiger partial charge in [0.2, 0.25) is 5.82 Å². The topological polar surface area (TPSA) is 78.1 Å². The van der Waals surface area contributed by atoms with Crippen LogP contribution in [0, 0.1) is 0 Å². The van der Waals surface area contributed by atoms with Crippen LogP contribution in [0.2, 0.25) is 0 Å². The van der Waals surface area contributed by atoms with E-state index >= 15 is 0 Å². The fourth-order valence-corrected chi connectivity index (χ4v) is 1.50. The SMILES string of the molecule is Nc1nc(-c2coc3ccccc23)no1. The van der Waals surface area contributed by atoms with Crippen LogP contribution in [0.25, 0.3) is 22.4 Å². The summed E-state index contributed by atoms with van der Waals surface area (Å²) >= 11 is 0. The molecule has 5 nitrogen and oxygen atoms in total. The molecule has 0 aliphatic rings. The molecule has 0 radical (unpaired) electrons. The summed E-state index contributed by atoms with van der Waals surface area (Å²) in [5.74, 6) is 0.442. The second kappa shape index (κ2) is 2.84. The maximum Gasteiger partial charge on any atom is 0.319 e. The lowest BCUT2D eigenvalue weighted by Crippen LogP contribution is -1.83. The van der Waals surface area contributed by atoms with Crippen molar-refractivity contribution in [2.75, 3.05) is 5.73 Å². The molecule has 0 atom stereocenters. The van der Waals surface area contributed by atoms with Gasteiger partial charge in [-0.05, 0) is 6.07 Å². The number of nitrogens with zero attached hydrogens (tertiary/aromatic N) is 2. The number of para-hydroxylation sites is 1. The number of benzene rings is 1. The zero-order valence-corrected chi connectivity index (χ0v) is 7.68. The Morgan fingerprint density at radius 2 is 2.07 bits per heavy atom. The zero-order valence-electron chi connectivity index (χ0n) is 7.68. The number of aromatic nitrogens is 2. The molecule has 0 spiro atoms. The van der Waals surface area contributed by atoms with E-state index in [9.17, 15) is 0 Å². The summed E-state index contributed by atoms with van der Waals surface area (Å²) in [4.78, 5) is 3.94. The predicted octanol–water partition coefficient (Wildman–Crippen LogP) is 2.06. The Labute approximate surface area is 84.5 Å². The molecule has 0 amide bonds. The van der Waals surface area contributed by atoms with Gasteiger partial charge in [0.25, 0.3) is 0 Å². The van der Waals surface area contributed by atoms with E-state index in [1.54, 1.807) is 6.26 Å². The maximum atomic E-state index is 5.36.